The van der Waals surface area contributed by atoms with Crippen LogP contribution in [-0.2, 0) is 13.0 Å². The average molecular weight is 356 g/mol. The van der Waals surface area contributed by atoms with Crippen LogP contribution in [0.1, 0.15) is 32.3 Å². The van der Waals surface area contributed by atoms with Crippen LogP contribution in [0.15, 0.2) is 43.0 Å². The summed E-state index contributed by atoms with van der Waals surface area (Å²) in [5.41, 5.74) is 2.69. The van der Waals surface area contributed by atoms with E-state index >= 15 is 0 Å². The van der Waals surface area contributed by atoms with E-state index in [0.717, 1.165) is 13.0 Å². The van der Waals surface area contributed by atoms with E-state index in [1.165, 1.54) is 24.1 Å². The van der Waals surface area contributed by atoms with E-state index in [2.05, 4.69) is 66.0 Å². The van der Waals surface area contributed by atoms with E-state index in [9.17, 15) is 0 Å². The Balaban J connectivity index is 0.00000162. The monoisotopic (exact) mass is 356 g/mol. The number of nitrogens with zero attached hydrogens (tertiary/aromatic N) is 2. The molecule has 0 unspecified atom stereocenters. The Morgan fingerprint density at radius 2 is 1.94 bits per heavy atom. The molecule has 0 bridgehead atoms. The summed E-state index contributed by atoms with van der Waals surface area (Å²) < 4.78 is 4.48. The number of halogens is 1. The maximum absolute atomic E-state index is 2.26. The zero-order valence-corrected chi connectivity index (χ0v) is 13.3. The Kier molecular flexibility index (Phi) is 6.39. The van der Waals surface area contributed by atoms with Gasteiger partial charge in [0.1, 0.15) is 18.1 Å². The first-order chi connectivity index (χ1) is 8.35. The molecule has 3 heteroatoms. The fourth-order valence-corrected chi connectivity index (χ4v) is 2.07. The Bertz CT molecular complexity index is 477. The first-order valence-electron chi connectivity index (χ1n) is 6.50. The Morgan fingerprint density at radius 3 is 2.67 bits per heavy atom. The summed E-state index contributed by atoms with van der Waals surface area (Å²) >= 11 is 0. The normalized spacial score (nSPS) is 10.1. The van der Waals surface area contributed by atoms with Gasteiger partial charge in [-0.3, -0.25) is 0 Å². The number of imidazole rings is 1. The standard InChI is InChI=1S/C15H21N2.HI/c1-3-5-10-16-11-12-17(13-16)15-9-7-6-8-14(15)4-2;/h6-9,11-13H,3-5,10H2,1-2H3;1H/q+1;/p-1. The highest BCUT2D eigenvalue weighted by molar-refractivity contribution is 5.40. The third-order valence-corrected chi connectivity index (χ3v) is 3.11. The Hall–Kier alpha value is -0.840. The zero-order valence-electron chi connectivity index (χ0n) is 11.1. The SMILES string of the molecule is CCCC[n+]1ccn(-c2ccccc2CC)c1.[I-]. The number of benzene rings is 1. The van der Waals surface area contributed by atoms with Crippen LogP contribution >= 0.6 is 0 Å². The van der Waals surface area contributed by atoms with Crippen LogP contribution in [0.25, 0.3) is 5.69 Å². The van der Waals surface area contributed by atoms with Crippen molar-refractivity contribution >= 4 is 0 Å². The van der Waals surface area contributed by atoms with Crippen LogP contribution in [0.5, 0.6) is 0 Å². The lowest BCUT2D eigenvalue weighted by molar-refractivity contribution is -0.696. The maximum Gasteiger partial charge on any atom is 0.248 e. The highest BCUT2D eigenvalue weighted by Gasteiger charge is 2.09. The first-order valence-corrected chi connectivity index (χ1v) is 6.50. The minimum Gasteiger partial charge on any atom is -1.00 e. The molecule has 0 atom stereocenters. The van der Waals surface area contributed by atoms with Crippen molar-refractivity contribution in [2.75, 3.05) is 0 Å². The van der Waals surface area contributed by atoms with E-state index < -0.39 is 0 Å². The first kappa shape index (κ1) is 15.2. The maximum atomic E-state index is 2.26. The molecular weight excluding hydrogens is 335 g/mol. The molecule has 0 N–H and O–H groups in total. The zero-order chi connectivity index (χ0) is 12.1. The van der Waals surface area contributed by atoms with Gasteiger partial charge in [-0.15, -0.1) is 0 Å². The van der Waals surface area contributed by atoms with Gasteiger partial charge in [0.2, 0.25) is 6.33 Å². The molecule has 0 spiro atoms. The van der Waals surface area contributed by atoms with Crippen LogP contribution < -0.4 is 28.5 Å². The van der Waals surface area contributed by atoms with Gasteiger partial charge in [0, 0.05) is 0 Å². The van der Waals surface area contributed by atoms with Crippen molar-refractivity contribution in [1.82, 2.24) is 4.57 Å². The lowest BCUT2D eigenvalue weighted by Gasteiger charge is -2.02. The van der Waals surface area contributed by atoms with Gasteiger partial charge in [-0.1, -0.05) is 38.5 Å². The van der Waals surface area contributed by atoms with E-state index in [1.54, 1.807) is 0 Å². The van der Waals surface area contributed by atoms with E-state index in [0.29, 0.717) is 0 Å². The second kappa shape index (κ2) is 7.56. The average Bonchev–Trinajstić information content (AvgIpc) is 2.85. The number of rotatable bonds is 5. The fraction of sp³-hybridized carbons (Fsp3) is 0.400. The van der Waals surface area contributed by atoms with Crippen molar-refractivity contribution in [3.63, 3.8) is 0 Å². The van der Waals surface area contributed by atoms with Gasteiger partial charge < -0.3 is 24.0 Å². The van der Waals surface area contributed by atoms with Gasteiger partial charge in [0.15, 0.2) is 0 Å². The Labute approximate surface area is 127 Å². The summed E-state index contributed by atoms with van der Waals surface area (Å²) in [4.78, 5) is 0. The number of hydrogen-bond donors (Lipinski definition) is 0. The minimum atomic E-state index is 0. The topological polar surface area (TPSA) is 8.81 Å². The van der Waals surface area contributed by atoms with Gasteiger partial charge in [-0.05, 0) is 24.5 Å². The molecule has 0 fully saturated rings. The lowest BCUT2D eigenvalue weighted by Crippen LogP contribution is -3.00. The van der Waals surface area contributed by atoms with E-state index in [-0.39, 0.29) is 24.0 Å². The molecule has 0 amide bonds. The highest BCUT2D eigenvalue weighted by Crippen LogP contribution is 2.13. The molecule has 2 aromatic rings. The lowest BCUT2D eigenvalue weighted by atomic mass is 10.1. The van der Waals surface area contributed by atoms with Crippen LogP contribution in [0.3, 0.4) is 0 Å². The van der Waals surface area contributed by atoms with Crippen molar-refractivity contribution in [3.8, 4) is 5.69 Å². The van der Waals surface area contributed by atoms with Gasteiger partial charge in [0.25, 0.3) is 0 Å². The predicted octanol–water partition coefficient (Wildman–Crippen LogP) is 0.131. The largest absolute Gasteiger partial charge is 1.00 e. The number of aryl methyl sites for hydroxylation is 2. The molecule has 0 aliphatic heterocycles. The molecule has 2 rings (SSSR count). The number of aromatic nitrogens is 2. The molecular formula is C15H21IN2. The molecule has 2 nitrogen and oxygen atoms in total. The van der Waals surface area contributed by atoms with Crippen molar-refractivity contribution < 1.29 is 28.5 Å². The molecule has 0 aliphatic carbocycles. The smallest absolute Gasteiger partial charge is 0.248 e. The van der Waals surface area contributed by atoms with Crippen molar-refractivity contribution in [2.45, 2.75) is 39.7 Å². The fourth-order valence-electron chi connectivity index (χ4n) is 2.07. The summed E-state index contributed by atoms with van der Waals surface area (Å²) in [6.45, 7) is 5.54. The third-order valence-electron chi connectivity index (χ3n) is 3.11. The Morgan fingerprint density at radius 1 is 1.17 bits per heavy atom. The number of hydrogen-bond acceptors (Lipinski definition) is 0. The number of unbranched alkanes of at least 4 members (excludes halogenated alkanes) is 1. The van der Waals surface area contributed by atoms with Crippen LogP contribution in [0.2, 0.25) is 0 Å². The van der Waals surface area contributed by atoms with Crippen molar-refractivity contribution in [3.05, 3.63) is 48.5 Å². The van der Waals surface area contributed by atoms with E-state index in [1.807, 2.05) is 0 Å². The third kappa shape index (κ3) is 3.57. The molecule has 1 aromatic heterocycles. The second-order valence-corrected chi connectivity index (χ2v) is 4.39. The number of para-hydroxylation sites is 1. The quantitative estimate of drug-likeness (QED) is 0.532. The summed E-state index contributed by atoms with van der Waals surface area (Å²) in [5, 5.41) is 0. The molecule has 1 heterocycles. The van der Waals surface area contributed by atoms with Crippen molar-refractivity contribution in [1.29, 1.82) is 0 Å². The summed E-state index contributed by atoms with van der Waals surface area (Å²) in [6, 6.07) is 8.59. The van der Waals surface area contributed by atoms with Gasteiger partial charge in [-0.2, -0.15) is 0 Å². The van der Waals surface area contributed by atoms with Crippen LogP contribution in [-0.4, -0.2) is 4.57 Å². The van der Waals surface area contributed by atoms with Gasteiger partial charge in [0.05, 0.1) is 6.54 Å². The molecule has 0 aliphatic rings. The summed E-state index contributed by atoms with van der Waals surface area (Å²) in [6.07, 6.45) is 10.0. The van der Waals surface area contributed by atoms with E-state index in [4.69, 9.17) is 0 Å². The molecule has 18 heavy (non-hydrogen) atoms. The summed E-state index contributed by atoms with van der Waals surface area (Å²) in [5.74, 6) is 0. The van der Waals surface area contributed by atoms with Gasteiger partial charge in [-0.25, -0.2) is 9.13 Å². The summed E-state index contributed by atoms with van der Waals surface area (Å²) in [7, 11) is 0. The second-order valence-electron chi connectivity index (χ2n) is 4.39. The molecule has 1 aromatic carbocycles. The van der Waals surface area contributed by atoms with Gasteiger partial charge >= 0.3 is 0 Å². The molecule has 0 saturated heterocycles. The predicted molar refractivity (Wildman–Crippen MR) is 70.3 cm³/mol. The van der Waals surface area contributed by atoms with Crippen LogP contribution in [0, 0.1) is 0 Å². The molecule has 0 saturated carbocycles. The van der Waals surface area contributed by atoms with Crippen LogP contribution in [0.4, 0.5) is 0 Å². The van der Waals surface area contributed by atoms with Crippen molar-refractivity contribution in [2.24, 2.45) is 0 Å². The highest BCUT2D eigenvalue weighted by atomic mass is 127. The molecule has 98 valence electrons. The minimum absolute atomic E-state index is 0. The molecule has 0 radical (unpaired) electrons.